The summed E-state index contributed by atoms with van der Waals surface area (Å²) in [4.78, 5) is 2.65. The van der Waals surface area contributed by atoms with Crippen LogP contribution in [0.1, 0.15) is 26.7 Å². The van der Waals surface area contributed by atoms with E-state index in [1.54, 1.807) is 0 Å². The van der Waals surface area contributed by atoms with Gasteiger partial charge in [-0.25, -0.2) is 0 Å². The number of hydrogen-bond acceptors (Lipinski definition) is 3. The molecule has 1 N–H and O–H groups in total. The van der Waals surface area contributed by atoms with Crippen LogP contribution in [0.2, 0.25) is 0 Å². The summed E-state index contributed by atoms with van der Waals surface area (Å²) in [6.45, 7) is 9.12. The Balaban J connectivity index is 2.49. The van der Waals surface area contributed by atoms with Gasteiger partial charge >= 0.3 is 0 Å². The van der Waals surface area contributed by atoms with Gasteiger partial charge in [-0.3, -0.25) is 4.90 Å². The molecule has 0 aromatic carbocycles. The van der Waals surface area contributed by atoms with Crippen molar-refractivity contribution in [1.82, 2.24) is 10.2 Å². The summed E-state index contributed by atoms with van der Waals surface area (Å²) in [5.74, 6) is 1.45. The maximum absolute atomic E-state index is 5.29. The number of hydrogen-bond donors (Lipinski definition) is 1. The Kier molecular flexibility index (Phi) is 6.32. The topological polar surface area (TPSA) is 24.5 Å². The van der Waals surface area contributed by atoms with Crippen LogP contribution in [0.3, 0.4) is 0 Å². The highest BCUT2D eigenvalue weighted by molar-refractivity contribution is 4.82. The summed E-state index contributed by atoms with van der Waals surface area (Å²) >= 11 is 0. The van der Waals surface area contributed by atoms with Gasteiger partial charge in [-0.2, -0.15) is 0 Å². The normalized spacial score (nSPS) is 24.9. The van der Waals surface area contributed by atoms with Crippen molar-refractivity contribution in [2.24, 2.45) is 11.8 Å². The average Bonchev–Trinajstić information content (AvgIpc) is 2.26. The zero-order valence-electron chi connectivity index (χ0n) is 11.3. The largest absolute Gasteiger partial charge is 0.384 e. The first-order valence-electron chi connectivity index (χ1n) is 6.56. The third-order valence-corrected chi connectivity index (χ3v) is 3.60. The van der Waals surface area contributed by atoms with Crippen LogP contribution in [0.25, 0.3) is 0 Å². The maximum atomic E-state index is 5.29. The average molecular weight is 228 g/mol. The van der Waals surface area contributed by atoms with Crippen molar-refractivity contribution in [3.8, 4) is 0 Å². The monoisotopic (exact) mass is 228 g/mol. The second kappa shape index (κ2) is 7.25. The van der Waals surface area contributed by atoms with Crippen LogP contribution in [0.15, 0.2) is 0 Å². The Morgan fingerprint density at radius 1 is 1.44 bits per heavy atom. The highest BCUT2D eigenvalue weighted by atomic mass is 16.5. The van der Waals surface area contributed by atoms with E-state index >= 15 is 0 Å². The fourth-order valence-electron chi connectivity index (χ4n) is 2.77. The van der Waals surface area contributed by atoms with E-state index in [-0.39, 0.29) is 0 Å². The Labute approximate surface area is 101 Å². The number of likely N-dealkylation sites (tertiary alicyclic amines) is 1. The Morgan fingerprint density at radius 3 is 2.75 bits per heavy atom. The predicted octanol–water partition coefficient (Wildman–Crippen LogP) is 1.59. The SMILES string of the molecule is CNCC(C(C)C)N1CCCC(COC)C1. The first-order chi connectivity index (χ1) is 7.69. The molecule has 2 unspecified atom stereocenters. The van der Waals surface area contributed by atoms with E-state index in [1.807, 2.05) is 14.2 Å². The molecular weight excluding hydrogens is 200 g/mol. The highest BCUT2D eigenvalue weighted by Gasteiger charge is 2.27. The summed E-state index contributed by atoms with van der Waals surface area (Å²) in [6, 6.07) is 0.671. The quantitative estimate of drug-likeness (QED) is 0.747. The Morgan fingerprint density at radius 2 is 2.19 bits per heavy atom. The molecule has 1 saturated heterocycles. The first kappa shape index (κ1) is 13.9. The number of methoxy groups -OCH3 is 1. The molecule has 0 aromatic rings. The molecule has 16 heavy (non-hydrogen) atoms. The summed E-state index contributed by atoms with van der Waals surface area (Å²) in [5.41, 5.74) is 0. The van der Waals surface area contributed by atoms with Crippen molar-refractivity contribution in [1.29, 1.82) is 0 Å². The Hall–Kier alpha value is -0.120. The van der Waals surface area contributed by atoms with Crippen LogP contribution in [-0.4, -0.2) is 51.3 Å². The van der Waals surface area contributed by atoms with Gasteiger partial charge in [0.2, 0.25) is 0 Å². The van der Waals surface area contributed by atoms with Gasteiger partial charge in [-0.05, 0) is 38.3 Å². The number of nitrogens with zero attached hydrogens (tertiary/aromatic N) is 1. The molecule has 0 aromatic heterocycles. The van der Waals surface area contributed by atoms with Crippen LogP contribution in [-0.2, 0) is 4.74 Å². The molecule has 0 radical (unpaired) electrons. The summed E-state index contributed by atoms with van der Waals surface area (Å²) in [7, 11) is 3.86. The van der Waals surface area contributed by atoms with E-state index in [2.05, 4.69) is 24.1 Å². The molecule has 2 atom stereocenters. The third kappa shape index (κ3) is 4.04. The predicted molar refractivity (Wildman–Crippen MR) is 68.7 cm³/mol. The lowest BCUT2D eigenvalue weighted by molar-refractivity contribution is 0.0551. The van der Waals surface area contributed by atoms with Crippen LogP contribution in [0, 0.1) is 11.8 Å². The van der Waals surface area contributed by atoms with Gasteiger partial charge in [0.1, 0.15) is 0 Å². The molecule has 1 rings (SSSR count). The fourth-order valence-corrected chi connectivity index (χ4v) is 2.77. The lowest BCUT2D eigenvalue weighted by atomic mass is 9.94. The lowest BCUT2D eigenvalue weighted by Crippen LogP contribution is -2.49. The number of rotatable bonds is 6. The first-order valence-corrected chi connectivity index (χ1v) is 6.56. The number of piperidine rings is 1. The summed E-state index contributed by atoms with van der Waals surface area (Å²) < 4.78 is 5.29. The van der Waals surface area contributed by atoms with Crippen molar-refractivity contribution in [2.45, 2.75) is 32.7 Å². The van der Waals surface area contributed by atoms with Crippen LogP contribution >= 0.6 is 0 Å². The molecule has 3 heteroatoms. The van der Waals surface area contributed by atoms with Gasteiger partial charge < -0.3 is 10.1 Å². The second-order valence-electron chi connectivity index (χ2n) is 5.33. The molecular formula is C13H28N2O. The maximum Gasteiger partial charge on any atom is 0.0502 e. The van der Waals surface area contributed by atoms with Crippen LogP contribution in [0.5, 0.6) is 0 Å². The van der Waals surface area contributed by atoms with Gasteiger partial charge in [0.05, 0.1) is 6.61 Å². The van der Waals surface area contributed by atoms with Gasteiger partial charge in [0, 0.05) is 26.2 Å². The summed E-state index contributed by atoms with van der Waals surface area (Å²) in [6.07, 6.45) is 2.65. The molecule has 96 valence electrons. The van der Waals surface area contributed by atoms with E-state index in [0.717, 1.165) is 19.1 Å². The molecule has 0 aliphatic carbocycles. The van der Waals surface area contributed by atoms with Crippen LogP contribution < -0.4 is 5.32 Å². The summed E-state index contributed by atoms with van der Waals surface area (Å²) in [5, 5.41) is 3.32. The minimum atomic E-state index is 0.671. The van der Waals surface area contributed by atoms with E-state index in [0.29, 0.717) is 12.0 Å². The van der Waals surface area contributed by atoms with Crippen molar-refractivity contribution in [3.63, 3.8) is 0 Å². The van der Waals surface area contributed by atoms with Crippen molar-refractivity contribution < 1.29 is 4.74 Å². The third-order valence-electron chi connectivity index (χ3n) is 3.60. The lowest BCUT2D eigenvalue weighted by Gasteiger charge is -2.40. The van der Waals surface area contributed by atoms with Crippen molar-refractivity contribution in [3.05, 3.63) is 0 Å². The zero-order chi connectivity index (χ0) is 12.0. The molecule has 0 bridgehead atoms. The van der Waals surface area contributed by atoms with Gasteiger partial charge in [0.15, 0.2) is 0 Å². The van der Waals surface area contributed by atoms with Crippen molar-refractivity contribution >= 4 is 0 Å². The Bertz CT molecular complexity index is 183. The zero-order valence-corrected chi connectivity index (χ0v) is 11.3. The molecule has 1 aliphatic rings. The van der Waals surface area contributed by atoms with Gasteiger partial charge in [-0.1, -0.05) is 13.8 Å². The molecule has 3 nitrogen and oxygen atoms in total. The second-order valence-corrected chi connectivity index (χ2v) is 5.33. The van der Waals surface area contributed by atoms with Gasteiger partial charge in [0.25, 0.3) is 0 Å². The van der Waals surface area contributed by atoms with Gasteiger partial charge in [-0.15, -0.1) is 0 Å². The fraction of sp³-hybridized carbons (Fsp3) is 1.00. The molecule has 1 heterocycles. The molecule has 1 aliphatic heterocycles. The van der Waals surface area contributed by atoms with Crippen molar-refractivity contribution in [2.75, 3.05) is 40.4 Å². The van der Waals surface area contributed by atoms with E-state index < -0.39 is 0 Å². The standard InChI is InChI=1S/C13H28N2O/c1-11(2)13(8-14-3)15-7-5-6-12(9-15)10-16-4/h11-14H,5-10H2,1-4H3. The molecule has 1 fully saturated rings. The number of nitrogens with one attached hydrogen (secondary N) is 1. The minimum Gasteiger partial charge on any atom is -0.384 e. The van der Waals surface area contributed by atoms with E-state index in [4.69, 9.17) is 4.74 Å². The van der Waals surface area contributed by atoms with Crippen LogP contribution in [0.4, 0.5) is 0 Å². The smallest absolute Gasteiger partial charge is 0.0502 e. The minimum absolute atomic E-state index is 0.671. The van der Waals surface area contributed by atoms with E-state index in [9.17, 15) is 0 Å². The molecule has 0 spiro atoms. The molecule has 0 amide bonds. The highest BCUT2D eigenvalue weighted by Crippen LogP contribution is 2.21. The number of ether oxygens (including phenoxy) is 1. The van der Waals surface area contributed by atoms with E-state index in [1.165, 1.54) is 25.9 Å². The number of likely N-dealkylation sites (N-methyl/N-ethyl adjacent to an activating group) is 1. The molecule has 0 saturated carbocycles.